The summed E-state index contributed by atoms with van der Waals surface area (Å²) in [5.41, 5.74) is 1.51. The summed E-state index contributed by atoms with van der Waals surface area (Å²) in [4.78, 5) is 23.7. The van der Waals surface area contributed by atoms with Crippen LogP contribution in [0, 0.1) is 0 Å². The first-order chi connectivity index (χ1) is 13.1. The summed E-state index contributed by atoms with van der Waals surface area (Å²) < 4.78 is 26.3. The van der Waals surface area contributed by atoms with Crippen LogP contribution in [0.1, 0.15) is 31.9 Å². The molecule has 2 rings (SSSR count). The van der Waals surface area contributed by atoms with Gasteiger partial charge in [0, 0.05) is 19.2 Å². The van der Waals surface area contributed by atoms with E-state index >= 15 is 0 Å². The number of rotatable bonds is 8. The predicted octanol–water partition coefficient (Wildman–Crippen LogP) is 3.25. The summed E-state index contributed by atoms with van der Waals surface area (Å²) in [5, 5.41) is 5.52. The van der Waals surface area contributed by atoms with Crippen molar-refractivity contribution in [2.45, 2.75) is 30.5 Å². The molecule has 10 heteroatoms. The van der Waals surface area contributed by atoms with Gasteiger partial charge in [-0.15, -0.1) is 11.3 Å². The molecule has 1 aromatic carbocycles. The van der Waals surface area contributed by atoms with Crippen molar-refractivity contribution in [1.29, 1.82) is 0 Å². The summed E-state index contributed by atoms with van der Waals surface area (Å²) >= 11 is 6.74. The Morgan fingerprint density at radius 1 is 1.14 bits per heavy atom. The van der Waals surface area contributed by atoms with Crippen LogP contribution in [0.25, 0.3) is 0 Å². The average Bonchev–Trinajstić information content (AvgIpc) is 3.09. The highest BCUT2D eigenvalue weighted by atomic mass is 35.5. The fourth-order valence-electron chi connectivity index (χ4n) is 2.35. The maximum absolute atomic E-state index is 12.5. The molecule has 0 radical (unpaired) electrons. The molecule has 2 aromatic rings. The molecule has 0 saturated heterocycles. The van der Waals surface area contributed by atoms with Gasteiger partial charge < -0.3 is 10.6 Å². The van der Waals surface area contributed by atoms with Crippen LogP contribution in [-0.2, 0) is 19.6 Å². The van der Waals surface area contributed by atoms with Gasteiger partial charge in [-0.05, 0) is 36.8 Å². The van der Waals surface area contributed by atoms with Crippen LogP contribution in [-0.4, -0.2) is 38.1 Å². The molecule has 1 heterocycles. The van der Waals surface area contributed by atoms with Crippen LogP contribution in [0.2, 0.25) is 4.34 Å². The minimum Gasteiger partial charge on any atom is -0.348 e. The Hall–Kier alpha value is -1.94. The number of halogens is 1. The number of amides is 2. The number of nitrogens with one attached hydrogen (secondary N) is 2. The molecule has 28 heavy (non-hydrogen) atoms. The normalized spacial score (nSPS) is 12.6. The number of carbonyl (C=O) groups is 2. The molecule has 7 nitrogen and oxygen atoms in total. The Labute approximate surface area is 173 Å². The van der Waals surface area contributed by atoms with Crippen molar-refractivity contribution in [1.82, 2.24) is 9.62 Å². The molecule has 0 aliphatic carbocycles. The van der Waals surface area contributed by atoms with Gasteiger partial charge in [-0.2, -0.15) is 4.31 Å². The minimum absolute atomic E-state index is 0.0784. The Balaban J connectivity index is 1.95. The van der Waals surface area contributed by atoms with Crippen molar-refractivity contribution in [3.05, 3.63) is 46.3 Å². The van der Waals surface area contributed by atoms with Gasteiger partial charge in [-0.1, -0.05) is 30.7 Å². The first kappa shape index (κ1) is 22.4. The minimum atomic E-state index is -3.77. The molecule has 1 unspecified atom stereocenters. The van der Waals surface area contributed by atoms with Crippen molar-refractivity contribution >= 4 is 50.5 Å². The maximum Gasteiger partial charge on any atom is 0.252 e. The lowest BCUT2D eigenvalue weighted by atomic mass is 10.1. The largest absolute Gasteiger partial charge is 0.348 e. The summed E-state index contributed by atoms with van der Waals surface area (Å²) in [7, 11) is -2.42. The van der Waals surface area contributed by atoms with Crippen molar-refractivity contribution in [3.63, 3.8) is 0 Å². The molecule has 2 N–H and O–H groups in total. The Bertz CT molecular complexity index is 942. The summed E-state index contributed by atoms with van der Waals surface area (Å²) in [5.74, 6) is -0.505. The highest BCUT2D eigenvalue weighted by Crippen LogP contribution is 2.27. The molecule has 0 saturated carbocycles. The number of carbonyl (C=O) groups excluding carboxylic acids is 2. The highest BCUT2D eigenvalue weighted by Gasteiger charge is 2.25. The smallest absolute Gasteiger partial charge is 0.252 e. The first-order valence-corrected chi connectivity index (χ1v) is 11.2. The SMILES string of the molecule is CCC(=O)Nc1ccc(C(C)NC(=O)CN(C)S(=O)(=O)c2ccc(Cl)s2)cc1. The summed E-state index contributed by atoms with van der Waals surface area (Å²) in [6.45, 7) is 3.25. The average molecular weight is 444 g/mol. The van der Waals surface area contributed by atoms with Crippen LogP contribution < -0.4 is 10.6 Å². The maximum atomic E-state index is 12.5. The fourth-order valence-corrected chi connectivity index (χ4v) is 5.17. The van der Waals surface area contributed by atoms with E-state index in [1.54, 1.807) is 38.1 Å². The lowest BCUT2D eigenvalue weighted by Gasteiger charge is -2.19. The number of likely N-dealkylation sites (N-methyl/N-ethyl adjacent to an activating group) is 1. The van der Waals surface area contributed by atoms with E-state index in [0.29, 0.717) is 16.4 Å². The van der Waals surface area contributed by atoms with E-state index in [-0.39, 0.29) is 22.7 Å². The second kappa shape index (κ2) is 9.51. The molecule has 2 amide bonds. The van der Waals surface area contributed by atoms with E-state index in [2.05, 4.69) is 10.6 Å². The quantitative estimate of drug-likeness (QED) is 0.654. The zero-order chi connectivity index (χ0) is 20.9. The van der Waals surface area contributed by atoms with Crippen LogP contribution in [0.15, 0.2) is 40.6 Å². The van der Waals surface area contributed by atoms with Gasteiger partial charge in [0.05, 0.1) is 16.9 Å². The first-order valence-electron chi connectivity index (χ1n) is 8.54. The molecule has 1 atom stereocenters. The Morgan fingerprint density at radius 2 is 1.79 bits per heavy atom. The number of hydrogen-bond donors (Lipinski definition) is 2. The van der Waals surface area contributed by atoms with Gasteiger partial charge in [0.1, 0.15) is 4.21 Å². The van der Waals surface area contributed by atoms with Gasteiger partial charge in [-0.3, -0.25) is 9.59 Å². The monoisotopic (exact) mass is 443 g/mol. The highest BCUT2D eigenvalue weighted by molar-refractivity contribution is 7.91. The van der Waals surface area contributed by atoms with Crippen LogP contribution in [0.5, 0.6) is 0 Å². The van der Waals surface area contributed by atoms with E-state index < -0.39 is 15.9 Å². The Kier molecular flexibility index (Phi) is 7.59. The van der Waals surface area contributed by atoms with Crippen molar-refractivity contribution < 1.29 is 18.0 Å². The predicted molar refractivity (Wildman–Crippen MR) is 111 cm³/mol. The van der Waals surface area contributed by atoms with Crippen LogP contribution in [0.3, 0.4) is 0 Å². The lowest BCUT2D eigenvalue weighted by Crippen LogP contribution is -2.39. The number of sulfonamides is 1. The van der Waals surface area contributed by atoms with Crippen molar-refractivity contribution in [2.24, 2.45) is 0 Å². The molecule has 0 spiro atoms. The number of nitrogens with zero attached hydrogens (tertiary/aromatic N) is 1. The van der Waals surface area contributed by atoms with Gasteiger partial charge in [0.2, 0.25) is 11.8 Å². The molecule has 0 bridgehead atoms. The molecular formula is C18H22ClN3O4S2. The molecule has 0 fully saturated rings. The zero-order valence-corrected chi connectivity index (χ0v) is 18.1. The second-order valence-electron chi connectivity index (χ2n) is 6.13. The summed E-state index contributed by atoms with van der Waals surface area (Å²) in [6.07, 6.45) is 0.391. The van der Waals surface area contributed by atoms with E-state index in [4.69, 9.17) is 11.6 Å². The summed E-state index contributed by atoms with van der Waals surface area (Å²) in [6, 6.07) is 9.69. The zero-order valence-electron chi connectivity index (χ0n) is 15.7. The van der Waals surface area contributed by atoms with E-state index in [0.717, 1.165) is 21.2 Å². The van der Waals surface area contributed by atoms with E-state index in [9.17, 15) is 18.0 Å². The lowest BCUT2D eigenvalue weighted by molar-refractivity contribution is -0.121. The second-order valence-corrected chi connectivity index (χ2v) is 10.1. The fraction of sp³-hybridized carbons (Fsp3) is 0.333. The van der Waals surface area contributed by atoms with Gasteiger partial charge in [0.25, 0.3) is 10.0 Å². The number of hydrogen-bond acceptors (Lipinski definition) is 5. The Morgan fingerprint density at radius 3 is 2.32 bits per heavy atom. The number of benzene rings is 1. The van der Waals surface area contributed by atoms with Crippen LogP contribution in [0.4, 0.5) is 5.69 Å². The van der Waals surface area contributed by atoms with Gasteiger partial charge in [0.15, 0.2) is 0 Å². The van der Waals surface area contributed by atoms with Gasteiger partial charge >= 0.3 is 0 Å². The van der Waals surface area contributed by atoms with Crippen LogP contribution >= 0.6 is 22.9 Å². The van der Waals surface area contributed by atoms with E-state index in [1.807, 2.05) is 0 Å². The number of anilines is 1. The van der Waals surface area contributed by atoms with E-state index in [1.165, 1.54) is 19.2 Å². The van der Waals surface area contributed by atoms with Crippen molar-refractivity contribution in [3.8, 4) is 0 Å². The molecule has 152 valence electrons. The topological polar surface area (TPSA) is 95.6 Å². The molecule has 0 aliphatic rings. The van der Waals surface area contributed by atoms with Crippen molar-refractivity contribution in [2.75, 3.05) is 18.9 Å². The molecular weight excluding hydrogens is 422 g/mol. The third-order valence-corrected chi connectivity index (χ3v) is 7.47. The molecule has 0 aliphatic heterocycles. The third kappa shape index (κ3) is 5.78. The standard InChI is InChI=1S/C18H22ClN3O4S2/c1-4-16(23)21-14-7-5-13(6-8-14)12(2)20-17(24)11-22(3)28(25,26)18-10-9-15(19)27-18/h5-10,12H,4,11H2,1-3H3,(H,20,24)(H,21,23). The number of thiophene rings is 1. The van der Waals surface area contributed by atoms with Gasteiger partial charge in [-0.25, -0.2) is 8.42 Å². The molecule has 1 aromatic heterocycles. The third-order valence-electron chi connectivity index (χ3n) is 3.97.